The average molecular weight is 322 g/mol. The summed E-state index contributed by atoms with van der Waals surface area (Å²) < 4.78 is 1.83. The quantitative estimate of drug-likeness (QED) is 0.833. The number of carbonyl (C=O) groups is 1. The SMILES string of the molecule is Cc1nc2cc(Cl)ccn2c1C(=O)N(CC(C)C)CC(C)C. The van der Waals surface area contributed by atoms with Crippen LogP contribution in [0.2, 0.25) is 5.02 Å². The van der Waals surface area contributed by atoms with Crippen LogP contribution in [0.1, 0.15) is 43.9 Å². The van der Waals surface area contributed by atoms with Gasteiger partial charge in [0.1, 0.15) is 11.3 Å². The molecule has 22 heavy (non-hydrogen) atoms. The number of rotatable bonds is 5. The van der Waals surface area contributed by atoms with Gasteiger partial charge in [0.05, 0.1) is 5.69 Å². The fourth-order valence-corrected chi connectivity index (χ4v) is 2.82. The van der Waals surface area contributed by atoms with E-state index in [9.17, 15) is 4.79 Å². The Morgan fingerprint density at radius 2 is 1.86 bits per heavy atom. The second kappa shape index (κ2) is 6.69. The van der Waals surface area contributed by atoms with Gasteiger partial charge in [-0.2, -0.15) is 0 Å². The molecule has 4 nitrogen and oxygen atoms in total. The number of aryl methyl sites for hydroxylation is 1. The summed E-state index contributed by atoms with van der Waals surface area (Å²) in [5.41, 5.74) is 2.08. The highest BCUT2D eigenvalue weighted by atomic mass is 35.5. The van der Waals surface area contributed by atoms with E-state index in [4.69, 9.17) is 11.6 Å². The van der Waals surface area contributed by atoms with Crippen LogP contribution >= 0.6 is 11.6 Å². The number of amides is 1. The van der Waals surface area contributed by atoms with Crippen molar-refractivity contribution in [3.63, 3.8) is 0 Å². The highest BCUT2D eigenvalue weighted by molar-refractivity contribution is 6.30. The summed E-state index contributed by atoms with van der Waals surface area (Å²) in [4.78, 5) is 19.4. The molecule has 2 aromatic heterocycles. The van der Waals surface area contributed by atoms with Gasteiger partial charge in [-0.1, -0.05) is 39.3 Å². The minimum Gasteiger partial charge on any atom is -0.337 e. The molecule has 120 valence electrons. The maximum atomic E-state index is 13.0. The zero-order valence-electron chi connectivity index (χ0n) is 13.9. The molecule has 2 rings (SSSR count). The third-order valence-electron chi connectivity index (χ3n) is 3.42. The fourth-order valence-electron chi connectivity index (χ4n) is 2.67. The fraction of sp³-hybridized carbons (Fsp3) is 0.529. The zero-order chi connectivity index (χ0) is 16.4. The van der Waals surface area contributed by atoms with Crippen molar-refractivity contribution in [3.05, 3.63) is 34.7 Å². The predicted molar refractivity (Wildman–Crippen MR) is 90.5 cm³/mol. The highest BCUT2D eigenvalue weighted by Crippen LogP contribution is 2.19. The smallest absolute Gasteiger partial charge is 0.272 e. The first-order valence-electron chi connectivity index (χ1n) is 7.73. The summed E-state index contributed by atoms with van der Waals surface area (Å²) in [6, 6.07) is 3.56. The van der Waals surface area contributed by atoms with E-state index >= 15 is 0 Å². The Bertz CT molecular complexity index is 666. The predicted octanol–water partition coefficient (Wildman–Crippen LogP) is 4.05. The van der Waals surface area contributed by atoms with E-state index in [0.717, 1.165) is 18.8 Å². The van der Waals surface area contributed by atoms with Crippen LogP contribution in [0.5, 0.6) is 0 Å². The Balaban J connectivity index is 2.43. The molecular weight excluding hydrogens is 298 g/mol. The summed E-state index contributed by atoms with van der Waals surface area (Å²) in [6.07, 6.45) is 1.81. The number of imidazole rings is 1. The van der Waals surface area contributed by atoms with Gasteiger partial charge in [0, 0.05) is 30.4 Å². The second-order valence-corrected chi connectivity index (χ2v) is 7.05. The summed E-state index contributed by atoms with van der Waals surface area (Å²) >= 11 is 6.01. The van der Waals surface area contributed by atoms with E-state index in [2.05, 4.69) is 32.7 Å². The third kappa shape index (κ3) is 3.61. The Morgan fingerprint density at radius 3 is 2.41 bits per heavy atom. The monoisotopic (exact) mass is 321 g/mol. The van der Waals surface area contributed by atoms with Crippen LogP contribution in [-0.4, -0.2) is 33.3 Å². The summed E-state index contributed by atoms with van der Waals surface area (Å²) in [6.45, 7) is 11.9. The molecule has 0 saturated heterocycles. The van der Waals surface area contributed by atoms with Gasteiger partial charge in [-0.25, -0.2) is 4.98 Å². The van der Waals surface area contributed by atoms with Crippen LogP contribution < -0.4 is 0 Å². The van der Waals surface area contributed by atoms with Crippen LogP contribution in [0, 0.1) is 18.8 Å². The minimum absolute atomic E-state index is 0.0368. The molecule has 0 N–H and O–H groups in total. The molecule has 2 aromatic rings. The molecule has 0 aliphatic rings. The molecule has 0 saturated carbocycles. The largest absolute Gasteiger partial charge is 0.337 e. The van der Waals surface area contributed by atoms with Gasteiger partial charge in [0.2, 0.25) is 0 Å². The standard InChI is InChI=1S/C17H24ClN3O/c1-11(2)9-20(10-12(3)4)17(22)16-13(5)19-15-8-14(18)6-7-21(15)16/h6-8,11-12H,9-10H2,1-5H3. The molecule has 0 bridgehead atoms. The Kier molecular flexibility index (Phi) is 5.12. The number of pyridine rings is 1. The lowest BCUT2D eigenvalue weighted by molar-refractivity contribution is 0.0707. The van der Waals surface area contributed by atoms with E-state index in [1.54, 1.807) is 12.1 Å². The minimum atomic E-state index is 0.0368. The lowest BCUT2D eigenvalue weighted by Gasteiger charge is -2.26. The molecule has 0 unspecified atom stereocenters. The van der Waals surface area contributed by atoms with Crippen molar-refractivity contribution in [1.82, 2.24) is 14.3 Å². The number of hydrogen-bond donors (Lipinski definition) is 0. The number of aromatic nitrogens is 2. The van der Waals surface area contributed by atoms with Crippen molar-refractivity contribution in [2.45, 2.75) is 34.6 Å². The van der Waals surface area contributed by atoms with Gasteiger partial charge >= 0.3 is 0 Å². The van der Waals surface area contributed by atoms with E-state index in [1.165, 1.54) is 0 Å². The van der Waals surface area contributed by atoms with Gasteiger partial charge in [0.15, 0.2) is 0 Å². The molecule has 5 heteroatoms. The first-order valence-corrected chi connectivity index (χ1v) is 8.11. The van der Waals surface area contributed by atoms with Gasteiger partial charge in [0.25, 0.3) is 5.91 Å². The van der Waals surface area contributed by atoms with E-state index in [1.807, 2.05) is 22.4 Å². The van der Waals surface area contributed by atoms with E-state index in [0.29, 0.717) is 28.2 Å². The van der Waals surface area contributed by atoms with E-state index < -0.39 is 0 Å². The van der Waals surface area contributed by atoms with Crippen LogP contribution in [0.15, 0.2) is 18.3 Å². The Hall–Kier alpha value is -1.55. The second-order valence-electron chi connectivity index (χ2n) is 6.62. The van der Waals surface area contributed by atoms with Crippen LogP contribution in [0.3, 0.4) is 0 Å². The number of fused-ring (bicyclic) bond motifs is 1. The Labute approximate surface area is 137 Å². The van der Waals surface area contributed by atoms with Crippen molar-refractivity contribution in [3.8, 4) is 0 Å². The summed E-state index contributed by atoms with van der Waals surface area (Å²) in [5.74, 6) is 0.892. The molecule has 0 radical (unpaired) electrons. The molecule has 0 aliphatic carbocycles. The van der Waals surface area contributed by atoms with Crippen LogP contribution in [0.4, 0.5) is 0 Å². The van der Waals surface area contributed by atoms with Crippen molar-refractivity contribution < 1.29 is 4.79 Å². The van der Waals surface area contributed by atoms with Gasteiger partial charge in [-0.05, 0) is 24.8 Å². The van der Waals surface area contributed by atoms with Gasteiger partial charge in [-0.3, -0.25) is 9.20 Å². The summed E-state index contributed by atoms with van der Waals surface area (Å²) in [5, 5.41) is 0.623. The first kappa shape index (κ1) is 16.8. The molecule has 0 aliphatic heterocycles. The van der Waals surface area contributed by atoms with Gasteiger partial charge in [-0.15, -0.1) is 0 Å². The van der Waals surface area contributed by atoms with Crippen molar-refractivity contribution in [2.24, 2.45) is 11.8 Å². The molecule has 2 heterocycles. The van der Waals surface area contributed by atoms with Crippen LogP contribution in [-0.2, 0) is 0 Å². The van der Waals surface area contributed by atoms with Crippen molar-refractivity contribution in [1.29, 1.82) is 0 Å². The van der Waals surface area contributed by atoms with Crippen molar-refractivity contribution >= 4 is 23.2 Å². The number of hydrogen-bond acceptors (Lipinski definition) is 2. The van der Waals surface area contributed by atoms with E-state index in [-0.39, 0.29) is 5.91 Å². The average Bonchev–Trinajstić information content (AvgIpc) is 2.71. The zero-order valence-corrected chi connectivity index (χ0v) is 14.7. The molecule has 0 aromatic carbocycles. The lowest BCUT2D eigenvalue weighted by Crippen LogP contribution is -2.37. The van der Waals surface area contributed by atoms with Crippen molar-refractivity contribution in [2.75, 3.05) is 13.1 Å². The first-order chi connectivity index (χ1) is 10.3. The Morgan fingerprint density at radius 1 is 1.27 bits per heavy atom. The molecule has 0 atom stereocenters. The third-order valence-corrected chi connectivity index (χ3v) is 3.66. The number of carbonyl (C=O) groups excluding carboxylic acids is 1. The van der Waals surface area contributed by atoms with Crippen LogP contribution in [0.25, 0.3) is 5.65 Å². The maximum Gasteiger partial charge on any atom is 0.272 e. The molecule has 0 fully saturated rings. The number of halogens is 1. The summed E-state index contributed by atoms with van der Waals surface area (Å²) in [7, 11) is 0. The molecule has 0 spiro atoms. The van der Waals surface area contributed by atoms with Gasteiger partial charge < -0.3 is 4.90 Å². The number of nitrogens with zero attached hydrogens (tertiary/aromatic N) is 3. The lowest BCUT2D eigenvalue weighted by atomic mass is 10.1. The maximum absolute atomic E-state index is 13.0. The molecule has 1 amide bonds. The normalized spacial score (nSPS) is 11.6. The highest BCUT2D eigenvalue weighted by Gasteiger charge is 2.23. The molecular formula is C17H24ClN3O. The topological polar surface area (TPSA) is 37.6 Å².